The fourth-order valence-electron chi connectivity index (χ4n) is 4.62. The molecule has 2 heterocycles. The number of esters is 1. The van der Waals surface area contributed by atoms with E-state index in [2.05, 4.69) is 0 Å². The van der Waals surface area contributed by atoms with Gasteiger partial charge in [0.1, 0.15) is 12.6 Å². The first-order valence-corrected chi connectivity index (χ1v) is 12.1. The second-order valence-corrected chi connectivity index (χ2v) is 8.41. The average molecular weight is 461 g/mol. The number of hydrogen-bond donors (Lipinski definition) is 0. The third kappa shape index (κ3) is 6.77. The Balaban J connectivity index is 1.53. The van der Waals surface area contributed by atoms with E-state index in [-0.39, 0.29) is 37.3 Å². The van der Waals surface area contributed by atoms with Crippen LogP contribution in [0.3, 0.4) is 0 Å². The Morgan fingerprint density at radius 1 is 0.939 bits per heavy atom. The highest BCUT2D eigenvalue weighted by Gasteiger charge is 2.42. The van der Waals surface area contributed by atoms with Crippen molar-refractivity contribution in [3.63, 3.8) is 0 Å². The first-order valence-electron chi connectivity index (χ1n) is 12.1. The van der Waals surface area contributed by atoms with Crippen LogP contribution in [0.2, 0.25) is 0 Å². The van der Waals surface area contributed by atoms with Crippen LogP contribution in [0, 0.1) is 0 Å². The van der Waals surface area contributed by atoms with Crippen LogP contribution < -0.4 is 0 Å². The fourth-order valence-corrected chi connectivity index (χ4v) is 4.62. The average Bonchev–Trinajstić information content (AvgIpc) is 3.51. The van der Waals surface area contributed by atoms with Crippen molar-refractivity contribution < 1.29 is 28.6 Å². The molecular formula is C25H36N2O6. The van der Waals surface area contributed by atoms with E-state index in [4.69, 9.17) is 14.2 Å². The van der Waals surface area contributed by atoms with Crippen molar-refractivity contribution in [2.45, 2.75) is 77.4 Å². The lowest BCUT2D eigenvalue weighted by Gasteiger charge is -2.34. The summed E-state index contributed by atoms with van der Waals surface area (Å²) >= 11 is 0. The van der Waals surface area contributed by atoms with E-state index >= 15 is 0 Å². The van der Waals surface area contributed by atoms with Gasteiger partial charge in [-0.25, -0.2) is 0 Å². The third-order valence-corrected chi connectivity index (χ3v) is 6.20. The molecule has 1 aromatic carbocycles. The van der Waals surface area contributed by atoms with Gasteiger partial charge >= 0.3 is 5.97 Å². The minimum absolute atomic E-state index is 0.00612. The van der Waals surface area contributed by atoms with E-state index in [1.165, 1.54) is 0 Å². The van der Waals surface area contributed by atoms with Gasteiger partial charge in [-0.2, -0.15) is 0 Å². The monoisotopic (exact) mass is 460 g/mol. The zero-order chi connectivity index (χ0) is 23.6. The van der Waals surface area contributed by atoms with Gasteiger partial charge in [0.15, 0.2) is 6.29 Å². The molecule has 0 saturated carbocycles. The zero-order valence-corrected chi connectivity index (χ0v) is 19.7. The van der Waals surface area contributed by atoms with Crippen molar-refractivity contribution in [3.8, 4) is 0 Å². The molecule has 33 heavy (non-hydrogen) atoms. The quantitative estimate of drug-likeness (QED) is 0.373. The lowest BCUT2D eigenvalue weighted by atomic mass is 10.1. The number of ether oxygens (including phenoxy) is 3. The number of likely N-dealkylation sites (tertiary alicyclic amines) is 2. The van der Waals surface area contributed by atoms with Gasteiger partial charge < -0.3 is 24.0 Å². The maximum atomic E-state index is 13.4. The molecule has 0 radical (unpaired) electrons. The summed E-state index contributed by atoms with van der Waals surface area (Å²) in [5, 5.41) is 0. The number of carbonyl (C=O) groups excluding carboxylic acids is 3. The minimum Gasteiger partial charge on any atom is -0.461 e. The highest BCUT2D eigenvalue weighted by atomic mass is 16.7. The van der Waals surface area contributed by atoms with Crippen molar-refractivity contribution in [2.24, 2.45) is 0 Å². The normalized spacial score (nSPS) is 20.5. The summed E-state index contributed by atoms with van der Waals surface area (Å²) in [5.74, 6) is -0.631. The molecule has 2 atom stereocenters. The third-order valence-electron chi connectivity index (χ3n) is 6.20. The molecule has 2 aliphatic heterocycles. The minimum atomic E-state index is -0.484. The van der Waals surface area contributed by atoms with Gasteiger partial charge in [0.2, 0.25) is 11.8 Å². The molecule has 0 unspecified atom stereocenters. The number of hydrogen-bond acceptors (Lipinski definition) is 6. The standard InChI is InChI=1S/C25H36N2O6/c1-3-31-25(32-4-2)21-13-9-17-27(21)24(30)20-12-8-16-26(20)22(28)14-15-23(29)33-18-19-10-6-5-7-11-19/h5-7,10-11,20-21,25H,3-4,8-9,12-18H2,1-2H3/t20-,21-/m0/s1. The number of rotatable bonds is 11. The lowest BCUT2D eigenvalue weighted by molar-refractivity contribution is -0.177. The second-order valence-electron chi connectivity index (χ2n) is 8.41. The Morgan fingerprint density at radius 3 is 2.30 bits per heavy atom. The molecule has 2 amide bonds. The Kier molecular flexibility index (Phi) is 9.69. The number of carbonyl (C=O) groups is 3. The van der Waals surface area contributed by atoms with Gasteiger partial charge in [0.05, 0.1) is 12.5 Å². The van der Waals surface area contributed by atoms with Gasteiger partial charge in [0, 0.05) is 32.7 Å². The predicted molar refractivity (Wildman–Crippen MR) is 122 cm³/mol. The zero-order valence-electron chi connectivity index (χ0n) is 19.7. The Labute approximate surface area is 196 Å². The van der Waals surface area contributed by atoms with Crippen LogP contribution in [0.15, 0.2) is 30.3 Å². The summed E-state index contributed by atoms with van der Waals surface area (Å²) in [4.78, 5) is 41.9. The largest absolute Gasteiger partial charge is 0.461 e. The van der Waals surface area contributed by atoms with E-state index < -0.39 is 18.3 Å². The highest BCUT2D eigenvalue weighted by molar-refractivity contribution is 5.89. The van der Waals surface area contributed by atoms with Gasteiger partial charge in [-0.15, -0.1) is 0 Å². The summed E-state index contributed by atoms with van der Waals surface area (Å²) < 4.78 is 16.8. The van der Waals surface area contributed by atoms with Gasteiger partial charge in [-0.3, -0.25) is 14.4 Å². The molecule has 0 aliphatic carbocycles. The molecule has 0 N–H and O–H groups in total. The summed E-state index contributed by atoms with van der Waals surface area (Å²) in [6.45, 7) is 6.22. The maximum absolute atomic E-state index is 13.4. The SMILES string of the molecule is CCOC(OCC)[C@@H]1CCCN1C(=O)[C@@H]1CCCN1C(=O)CCC(=O)OCc1ccccc1. The molecule has 182 valence electrons. The lowest BCUT2D eigenvalue weighted by Crippen LogP contribution is -2.52. The van der Waals surface area contributed by atoms with Crippen LogP contribution in [0.1, 0.15) is 57.9 Å². The van der Waals surface area contributed by atoms with Crippen LogP contribution in [0.25, 0.3) is 0 Å². The first kappa shape index (κ1) is 25.2. The molecule has 2 saturated heterocycles. The first-order chi connectivity index (χ1) is 16.0. The number of benzene rings is 1. The molecule has 1 aromatic rings. The van der Waals surface area contributed by atoms with E-state index in [0.29, 0.717) is 32.7 Å². The van der Waals surface area contributed by atoms with Crippen molar-refractivity contribution in [2.75, 3.05) is 26.3 Å². The van der Waals surface area contributed by atoms with Crippen LogP contribution in [-0.2, 0) is 35.2 Å². The van der Waals surface area contributed by atoms with E-state index in [9.17, 15) is 14.4 Å². The molecule has 0 spiro atoms. The van der Waals surface area contributed by atoms with E-state index in [1.807, 2.05) is 49.1 Å². The van der Waals surface area contributed by atoms with Crippen molar-refractivity contribution in [3.05, 3.63) is 35.9 Å². The second kappa shape index (κ2) is 12.7. The van der Waals surface area contributed by atoms with E-state index in [0.717, 1.165) is 24.8 Å². The van der Waals surface area contributed by atoms with Crippen LogP contribution in [-0.4, -0.2) is 72.3 Å². The summed E-state index contributed by atoms with van der Waals surface area (Å²) in [7, 11) is 0. The Bertz CT molecular complexity index is 780. The number of amides is 2. The Hall–Kier alpha value is -2.45. The smallest absolute Gasteiger partial charge is 0.306 e. The van der Waals surface area contributed by atoms with Crippen LogP contribution in [0.5, 0.6) is 0 Å². The van der Waals surface area contributed by atoms with Gasteiger partial charge in [-0.05, 0) is 45.1 Å². The fraction of sp³-hybridized carbons (Fsp3) is 0.640. The molecule has 8 heteroatoms. The topological polar surface area (TPSA) is 85.4 Å². The van der Waals surface area contributed by atoms with Gasteiger partial charge in [0.25, 0.3) is 0 Å². The summed E-state index contributed by atoms with van der Waals surface area (Å²) in [5.41, 5.74) is 0.903. The maximum Gasteiger partial charge on any atom is 0.306 e. The van der Waals surface area contributed by atoms with E-state index in [1.54, 1.807) is 4.90 Å². The van der Waals surface area contributed by atoms with Crippen molar-refractivity contribution in [1.82, 2.24) is 9.80 Å². The van der Waals surface area contributed by atoms with Crippen LogP contribution in [0.4, 0.5) is 0 Å². The molecule has 2 fully saturated rings. The molecule has 0 aromatic heterocycles. The highest BCUT2D eigenvalue weighted by Crippen LogP contribution is 2.28. The molecular weight excluding hydrogens is 424 g/mol. The summed E-state index contributed by atoms with van der Waals surface area (Å²) in [6, 6.07) is 8.80. The summed E-state index contributed by atoms with van der Waals surface area (Å²) in [6.07, 6.45) is 2.73. The predicted octanol–water partition coefficient (Wildman–Crippen LogP) is 2.89. The Morgan fingerprint density at radius 2 is 1.61 bits per heavy atom. The molecule has 0 bridgehead atoms. The number of nitrogens with zero attached hydrogens (tertiary/aromatic N) is 2. The molecule has 3 rings (SSSR count). The van der Waals surface area contributed by atoms with Crippen molar-refractivity contribution >= 4 is 17.8 Å². The van der Waals surface area contributed by atoms with Crippen molar-refractivity contribution in [1.29, 1.82) is 0 Å². The van der Waals surface area contributed by atoms with Gasteiger partial charge in [-0.1, -0.05) is 30.3 Å². The molecule has 8 nitrogen and oxygen atoms in total. The molecule has 2 aliphatic rings. The van der Waals surface area contributed by atoms with Crippen LogP contribution >= 0.6 is 0 Å².